The lowest BCUT2D eigenvalue weighted by molar-refractivity contribution is -0.120. The van der Waals surface area contributed by atoms with E-state index in [1.54, 1.807) is 6.92 Å². The number of nitrogens with zero attached hydrogens (tertiary/aromatic N) is 5. The van der Waals surface area contributed by atoms with Gasteiger partial charge in [0.25, 0.3) is 0 Å². The van der Waals surface area contributed by atoms with Crippen molar-refractivity contribution >= 4 is 29.2 Å². The molecule has 0 aliphatic heterocycles. The van der Waals surface area contributed by atoms with E-state index in [0.717, 1.165) is 17.5 Å². The van der Waals surface area contributed by atoms with Crippen molar-refractivity contribution < 1.29 is 9.63 Å². The lowest BCUT2D eigenvalue weighted by Crippen LogP contribution is -2.47. The minimum Gasteiger partial charge on any atom is -0.351 e. The Morgan fingerprint density at radius 3 is 2.84 bits per heavy atom. The summed E-state index contributed by atoms with van der Waals surface area (Å²) in [7, 11) is 0. The quantitative estimate of drug-likeness (QED) is 0.640. The molecule has 1 aromatic heterocycles. The summed E-state index contributed by atoms with van der Waals surface area (Å²) in [5, 5.41) is 10.8. The zero-order valence-corrected chi connectivity index (χ0v) is 15.2. The summed E-state index contributed by atoms with van der Waals surface area (Å²) in [6, 6.07) is 7.38. The topological polar surface area (TPSA) is 93.8 Å². The van der Waals surface area contributed by atoms with Gasteiger partial charge in [-0.05, 0) is 37.6 Å². The Morgan fingerprint density at radius 1 is 1.44 bits per heavy atom. The maximum atomic E-state index is 11.3. The SMILES string of the molecule is CCC(C)(N=CN=C(C)On1nnc2ccccc21)[C@H](C)NC(C)=O. The molecule has 0 saturated heterocycles. The van der Waals surface area contributed by atoms with Crippen molar-refractivity contribution in [2.45, 2.75) is 52.6 Å². The lowest BCUT2D eigenvalue weighted by Gasteiger charge is -2.30. The van der Waals surface area contributed by atoms with E-state index in [1.807, 2.05) is 45.0 Å². The second kappa shape index (κ2) is 7.87. The fraction of sp³-hybridized carbons (Fsp3) is 0.471. The average Bonchev–Trinajstić information content (AvgIpc) is 2.97. The van der Waals surface area contributed by atoms with Crippen molar-refractivity contribution in [2.75, 3.05) is 0 Å². The highest BCUT2D eigenvalue weighted by Crippen LogP contribution is 2.19. The maximum absolute atomic E-state index is 11.3. The van der Waals surface area contributed by atoms with E-state index in [4.69, 9.17) is 4.84 Å². The predicted molar refractivity (Wildman–Crippen MR) is 97.7 cm³/mol. The first-order valence-electron chi connectivity index (χ1n) is 8.19. The van der Waals surface area contributed by atoms with Gasteiger partial charge in [0.2, 0.25) is 11.8 Å². The first-order valence-corrected chi connectivity index (χ1v) is 8.19. The zero-order valence-electron chi connectivity index (χ0n) is 15.2. The van der Waals surface area contributed by atoms with Crippen molar-refractivity contribution in [3.8, 4) is 0 Å². The van der Waals surface area contributed by atoms with Crippen LogP contribution in [-0.4, -0.2) is 44.9 Å². The Labute approximate surface area is 146 Å². The van der Waals surface area contributed by atoms with Gasteiger partial charge < -0.3 is 10.2 Å². The molecule has 1 amide bonds. The minimum absolute atomic E-state index is 0.0801. The molecule has 0 aliphatic carbocycles. The molecular weight excluding hydrogens is 320 g/mol. The van der Waals surface area contributed by atoms with Crippen LogP contribution >= 0.6 is 0 Å². The monoisotopic (exact) mass is 344 g/mol. The van der Waals surface area contributed by atoms with Crippen LogP contribution < -0.4 is 10.2 Å². The third-order valence-corrected chi connectivity index (χ3v) is 4.20. The first kappa shape index (κ1) is 18.6. The van der Waals surface area contributed by atoms with Crippen LogP contribution in [0.15, 0.2) is 34.3 Å². The standard InChI is InChI=1S/C17H24N6O2/c1-6-17(5,12(2)20-13(3)24)19-11-18-14(4)25-23-16-10-8-7-9-15(16)21-22-23/h7-12H,6H2,1-5H3,(H,20,24)/t12-,17?/m0/s1. The molecule has 2 rings (SSSR count). The fourth-order valence-electron chi connectivity index (χ4n) is 2.28. The van der Waals surface area contributed by atoms with E-state index in [2.05, 4.69) is 25.6 Å². The summed E-state index contributed by atoms with van der Waals surface area (Å²) in [4.78, 5) is 26.9. The van der Waals surface area contributed by atoms with Gasteiger partial charge >= 0.3 is 0 Å². The van der Waals surface area contributed by atoms with Crippen LogP contribution in [-0.2, 0) is 4.79 Å². The third-order valence-electron chi connectivity index (χ3n) is 4.20. The Kier molecular flexibility index (Phi) is 5.84. The van der Waals surface area contributed by atoms with E-state index in [-0.39, 0.29) is 11.9 Å². The number of carbonyl (C=O) groups is 1. The molecule has 2 aromatic rings. The van der Waals surface area contributed by atoms with Crippen LogP contribution in [0.25, 0.3) is 11.0 Å². The normalized spacial score (nSPS) is 16.0. The zero-order chi connectivity index (χ0) is 18.4. The second-order valence-electron chi connectivity index (χ2n) is 6.07. The molecule has 8 nitrogen and oxygen atoms in total. The van der Waals surface area contributed by atoms with Gasteiger partial charge in [0, 0.05) is 13.8 Å². The van der Waals surface area contributed by atoms with E-state index >= 15 is 0 Å². The summed E-state index contributed by atoms with van der Waals surface area (Å²) < 4.78 is 0. The van der Waals surface area contributed by atoms with Gasteiger partial charge in [-0.2, -0.15) is 0 Å². The van der Waals surface area contributed by atoms with Crippen LogP contribution in [0.3, 0.4) is 0 Å². The van der Waals surface area contributed by atoms with E-state index in [0.29, 0.717) is 5.90 Å². The number of aliphatic imine (C=N–C) groups is 2. The fourth-order valence-corrected chi connectivity index (χ4v) is 2.28. The van der Waals surface area contributed by atoms with Gasteiger partial charge in [0.05, 0.1) is 11.6 Å². The smallest absolute Gasteiger partial charge is 0.223 e. The van der Waals surface area contributed by atoms with Gasteiger partial charge in [-0.1, -0.05) is 23.9 Å². The highest BCUT2D eigenvalue weighted by molar-refractivity contribution is 5.83. The van der Waals surface area contributed by atoms with Crippen LogP contribution in [0.2, 0.25) is 0 Å². The Hall–Kier alpha value is -2.77. The summed E-state index contributed by atoms with van der Waals surface area (Å²) in [6.45, 7) is 9.12. The molecule has 2 atom stereocenters. The average molecular weight is 344 g/mol. The number of hydrogen-bond acceptors (Lipinski definition) is 5. The molecule has 134 valence electrons. The Bertz CT molecular complexity index is 797. The Morgan fingerprint density at radius 2 is 2.16 bits per heavy atom. The number of aromatic nitrogens is 3. The number of benzene rings is 1. The number of fused-ring (bicyclic) bond motifs is 1. The highest BCUT2D eigenvalue weighted by Gasteiger charge is 2.28. The largest absolute Gasteiger partial charge is 0.351 e. The van der Waals surface area contributed by atoms with E-state index in [1.165, 1.54) is 18.1 Å². The summed E-state index contributed by atoms with van der Waals surface area (Å²) in [5.41, 5.74) is 1.05. The summed E-state index contributed by atoms with van der Waals surface area (Å²) >= 11 is 0. The molecule has 1 unspecified atom stereocenters. The van der Waals surface area contributed by atoms with Gasteiger partial charge in [-0.3, -0.25) is 9.79 Å². The van der Waals surface area contributed by atoms with Crippen molar-refractivity contribution in [1.82, 2.24) is 20.5 Å². The van der Waals surface area contributed by atoms with Crippen LogP contribution in [0.5, 0.6) is 0 Å². The maximum Gasteiger partial charge on any atom is 0.223 e. The van der Waals surface area contributed by atoms with Crippen LogP contribution in [0, 0.1) is 0 Å². The second-order valence-corrected chi connectivity index (χ2v) is 6.07. The molecule has 25 heavy (non-hydrogen) atoms. The molecule has 1 N–H and O–H groups in total. The molecule has 1 heterocycles. The van der Waals surface area contributed by atoms with Crippen molar-refractivity contribution in [2.24, 2.45) is 9.98 Å². The molecule has 0 aliphatic rings. The molecule has 8 heteroatoms. The highest BCUT2D eigenvalue weighted by atomic mass is 16.7. The molecule has 0 saturated carbocycles. The predicted octanol–water partition coefficient (Wildman–Crippen LogP) is 2.00. The van der Waals surface area contributed by atoms with Gasteiger partial charge in [-0.25, -0.2) is 4.99 Å². The lowest BCUT2D eigenvalue weighted by atomic mass is 9.91. The molecule has 0 fully saturated rings. The number of nitrogens with one attached hydrogen (secondary N) is 1. The summed E-state index contributed by atoms with van der Waals surface area (Å²) in [5.74, 6) is 0.300. The molecule has 0 radical (unpaired) electrons. The van der Waals surface area contributed by atoms with Crippen molar-refractivity contribution in [1.29, 1.82) is 0 Å². The number of para-hydroxylation sites is 1. The third kappa shape index (κ3) is 4.62. The number of amides is 1. The van der Waals surface area contributed by atoms with Crippen LogP contribution in [0.1, 0.15) is 41.0 Å². The van der Waals surface area contributed by atoms with Crippen molar-refractivity contribution in [3.63, 3.8) is 0 Å². The van der Waals surface area contributed by atoms with E-state index < -0.39 is 5.54 Å². The van der Waals surface area contributed by atoms with Gasteiger partial charge in [0.15, 0.2) is 0 Å². The summed E-state index contributed by atoms with van der Waals surface area (Å²) in [6.07, 6.45) is 2.21. The first-order chi connectivity index (χ1) is 11.9. The Balaban J connectivity index is 2.08. The number of carbonyl (C=O) groups excluding carboxylic acids is 1. The van der Waals surface area contributed by atoms with Crippen molar-refractivity contribution in [3.05, 3.63) is 24.3 Å². The molecule has 1 aromatic carbocycles. The molecular formula is C17H24N6O2. The number of rotatable bonds is 6. The molecule has 0 spiro atoms. The number of hydrogen-bond donors (Lipinski definition) is 1. The van der Waals surface area contributed by atoms with E-state index in [9.17, 15) is 4.79 Å². The minimum atomic E-state index is -0.449. The van der Waals surface area contributed by atoms with Crippen LogP contribution in [0.4, 0.5) is 0 Å². The van der Waals surface area contributed by atoms with Gasteiger partial charge in [-0.15, -0.1) is 5.10 Å². The molecule has 0 bridgehead atoms. The van der Waals surface area contributed by atoms with Gasteiger partial charge in [0.1, 0.15) is 17.4 Å².